The Morgan fingerprint density at radius 2 is 0.920 bits per heavy atom. The molecule has 0 radical (unpaired) electrons. The van der Waals surface area contributed by atoms with E-state index in [2.05, 4.69) is 0 Å². The smallest absolute Gasteiger partial charge is 0.744 e. The molecule has 0 aliphatic carbocycles. The number of halogens is 4. The first-order chi connectivity index (χ1) is 10.8. The summed E-state index contributed by atoms with van der Waals surface area (Å²) in [7, 11) is -9.04. The van der Waals surface area contributed by atoms with Crippen molar-refractivity contribution in [2.45, 2.75) is 9.79 Å². The third-order valence-electron chi connectivity index (χ3n) is 2.33. The van der Waals surface area contributed by atoms with Gasteiger partial charge in [0.2, 0.25) is 0 Å². The molecule has 0 N–H and O–H groups in total. The van der Waals surface area contributed by atoms with Crippen LogP contribution in [0.15, 0.2) is 46.2 Å². The molecule has 132 valence electrons. The van der Waals surface area contributed by atoms with Gasteiger partial charge in [-0.1, -0.05) is 46.4 Å². The van der Waals surface area contributed by atoms with E-state index in [-0.39, 0.29) is 43.1 Å². The third-order valence-corrected chi connectivity index (χ3v) is 5.43. The maximum Gasteiger partial charge on any atom is 2.00 e. The van der Waals surface area contributed by atoms with Crippen molar-refractivity contribution in [3.63, 3.8) is 0 Å². The van der Waals surface area contributed by atoms with Crippen molar-refractivity contribution in [1.82, 2.24) is 0 Å². The molecule has 0 heterocycles. The van der Waals surface area contributed by atoms with Crippen molar-refractivity contribution in [3.8, 4) is 0 Å². The van der Waals surface area contributed by atoms with Gasteiger partial charge in [0.25, 0.3) is 0 Å². The van der Waals surface area contributed by atoms with Crippen LogP contribution in [-0.2, 0) is 20.2 Å². The Balaban J connectivity index is 0.000000443. The molecule has 0 aromatic heterocycles. The molecule has 0 atom stereocenters. The molecule has 25 heavy (non-hydrogen) atoms. The van der Waals surface area contributed by atoms with Gasteiger partial charge in [0.1, 0.15) is 20.2 Å². The minimum Gasteiger partial charge on any atom is -0.744 e. The first-order valence-corrected chi connectivity index (χ1v) is 9.97. The Morgan fingerprint density at radius 3 is 1.12 bits per heavy atom. The second-order valence-electron chi connectivity index (χ2n) is 4.06. The van der Waals surface area contributed by atoms with E-state index in [0.717, 1.165) is 12.1 Å². The zero-order valence-electron chi connectivity index (χ0n) is 11.9. The van der Waals surface area contributed by atoms with Crippen molar-refractivity contribution in [2.75, 3.05) is 0 Å². The zero-order chi connectivity index (χ0) is 18.7. The van der Waals surface area contributed by atoms with Crippen LogP contribution in [0.25, 0.3) is 0 Å². The fourth-order valence-electron chi connectivity index (χ4n) is 1.34. The Morgan fingerprint density at radius 1 is 0.640 bits per heavy atom. The van der Waals surface area contributed by atoms with Crippen molar-refractivity contribution < 1.29 is 25.9 Å². The molecule has 0 fully saturated rings. The average molecular weight is 476 g/mol. The van der Waals surface area contributed by atoms with E-state index >= 15 is 0 Å². The molecular weight excluding hydrogens is 470 g/mol. The Hall–Kier alpha value is 0.186. The predicted molar refractivity (Wildman–Crippen MR) is 94.6 cm³/mol. The summed E-state index contributed by atoms with van der Waals surface area (Å²) in [6.45, 7) is 0. The van der Waals surface area contributed by atoms with Crippen LogP contribution in [-0.4, -0.2) is 49.0 Å². The molecule has 0 aliphatic heterocycles. The van der Waals surface area contributed by atoms with Crippen molar-refractivity contribution in [1.29, 1.82) is 0 Å². The standard InChI is InChI=1S/2C6H4Cl2O3S.Mg/c2*7-4-1-2-5(8)6(3-4)12(9,10)11;/h2*1-3H,(H,9,10,11);/q;;+2/p-2. The first kappa shape index (κ1) is 25.2. The molecule has 2 rings (SSSR count). The molecule has 2 aromatic rings. The van der Waals surface area contributed by atoms with Gasteiger partial charge in [-0.2, -0.15) is 0 Å². The molecule has 0 spiro atoms. The largest absolute Gasteiger partial charge is 2.00 e. The van der Waals surface area contributed by atoms with Crippen LogP contribution in [0.1, 0.15) is 0 Å². The summed E-state index contributed by atoms with van der Waals surface area (Å²) >= 11 is 21.8. The van der Waals surface area contributed by atoms with Crippen LogP contribution >= 0.6 is 46.4 Å². The number of hydrogen-bond donors (Lipinski definition) is 0. The summed E-state index contributed by atoms with van der Waals surface area (Å²) in [5, 5.41) is 0.0893. The molecule has 6 nitrogen and oxygen atoms in total. The van der Waals surface area contributed by atoms with E-state index < -0.39 is 30.0 Å². The van der Waals surface area contributed by atoms with Gasteiger partial charge in [0.15, 0.2) is 0 Å². The molecular formula is C12H6Cl4MgO6S2. The summed E-state index contributed by atoms with van der Waals surface area (Å²) in [6.07, 6.45) is 0. The maximum absolute atomic E-state index is 10.5. The quantitative estimate of drug-likeness (QED) is 0.485. The SMILES string of the molecule is O=S(=O)([O-])c1cc(Cl)ccc1Cl.O=S(=O)([O-])c1cc(Cl)ccc1Cl.[Mg+2]. The van der Waals surface area contributed by atoms with Crippen molar-refractivity contribution >= 4 is 89.7 Å². The minimum atomic E-state index is -4.52. The van der Waals surface area contributed by atoms with Gasteiger partial charge in [0.05, 0.1) is 19.8 Å². The normalized spacial score (nSPS) is 11.1. The molecule has 0 unspecified atom stereocenters. The van der Waals surface area contributed by atoms with Gasteiger partial charge >= 0.3 is 23.1 Å². The van der Waals surface area contributed by atoms with Crippen LogP contribution < -0.4 is 0 Å². The monoisotopic (exact) mass is 474 g/mol. The molecule has 13 heteroatoms. The van der Waals surface area contributed by atoms with Gasteiger partial charge in [-0.25, -0.2) is 16.8 Å². The molecule has 0 saturated heterocycles. The van der Waals surface area contributed by atoms with E-state index in [0.29, 0.717) is 0 Å². The van der Waals surface area contributed by atoms with Crippen LogP contribution in [0.3, 0.4) is 0 Å². The van der Waals surface area contributed by atoms with E-state index in [1.807, 2.05) is 0 Å². The number of rotatable bonds is 2. The zero-order valence-corrected chi connectivity index (χ0v) is 18.0. The maximum atomic E-state index is 10.5. The van der Waals surface area contributed by atoms with Crippen molar-refractivity contribution in [3.05, 3.63) is 56.5 Å². The Bertz CT molecular complexity index is 884. The molecule has 0 saturated carbocycles. The molecule has 0 amide bonds. The van der Waals surface area contributed by atoms with E-state index in [1.54, 1.807) is 0 Å². The second-order valence-corrected chi connectivity index (χ2v) is 8.44. The molecule has 0 bridgehead atoms. The van der Waals surface area contributed by atoms with Gasteiger partial charge in [-0.05, 0) is 36.4 Å². The Kier molecular flexibility index (Phi) is 10.0. The van der Waals surface area contributed by atoms with Crippen molar-refractivity contribution in [2.24, 2.45) is 0 Å². The second kappa shape index (κ2) is 9.93. The van der Waals surface area contributed by atoms with Crippen LogP contribution in [0.4, 0.5) is 0 Å². The third kappa shape index (κ3) is 8.16. The summed E-state index contributed by atoms with van der Waals surface area (Å²) in [4.78, 5) is -0.978. The van der Waals surface area contributed by atoms with E-state index in [4.69, 9.17) is 46.4 Å². The van der Waals surface area contributed by atoms with Gasteiger partial charge in [-0.15, -0.1) is 0 Å². The number of hydrogen-bond acceptors (Lipinski definition) is 6. The van der Waals surface area contributed by atoms with E-state index in [9.17, 15) is 25.9 Å². The summed E-state index contributed by atoms with van der Waals surface area (Å²) in [5.41, 5.74) is 0. The van der Waals surface area contributed by atoms with E-state index in [1.165, 1.54) is 24.3 Å². The van der Waals surface area contributed by atoms with Gasteiger partial charge < -0.3 is 9.11 Å². The van der Waals surface area contributed by atoms with Crippen LogP contribution in [0, 0.1) is 0 Å². The first-order valence-electron chi connectivity index (χ1n) is 5.64. The molecule has 0 aliphatic rings. The number of benzene rings is 2. The van der Waals surface area contributed by atoms with Gasteiger partial charge in [0, 0.05) is 10.0 Å². The fourth-order valence-corrected chi connectivity index (χ4v) is 3.77. The summed E-state index contributed by atoms with van der Waals surface area (Å²) in [6, 6.07) is 7.36. The topological polar surface area (TPSA) is 114 Å². The summed E-state index contributed by atoms with van der Waals surface area (Å²) in [5.74, 6) is 0. The Labute approximate surface area is 180 Å². The molecule has 2 aromatic carbocycles. The van der Waals surface area contributed by atoms with Crippen LogP contribution in [0.2, 0.25) is 20.1 Å². The van der Waals surface area contributed by atoms with Crippen LogP contribution in [0.5, 0.6) is 0 Å². The average Bonchev–Trinajstić information content (AvgIpc) is 2.42. The van der Waals surface area contributed by atoms with Gasteiger partial charge in [-0.3, -0.25) is 0 Å². The fraction of sp³-hybridized carbons (Fsp3) is 0. The minimum absolute atomic E-state index is 0. The summed E-state index contributed by atoms with van der Waals surface area (Å²) < 4.78 is 63.0. The predicted octanol–water partition coefficient (Wildman–Crippen LogP) is 3.41.